The van der Waals surface area contributed by atoms with Crippen LogP contribution in [0.5, 0.6) is 0 Å². The average molecular weight is 285 g/mol. The summed E-state index contributed by atoms with van der Waals surface area (Å²) in [6, 6.07) is 11.1. The lowest BCUT2D eigenvalue weighted by atomic mass is 10.1. The smallest absolute Gasteiger partial charge is 0.272 e. The van der Waals surface area contributed by atoms with Crippen LogP contribution in [0.4, 0.5) is 10.1 Å². The standard InChI is InChI=1S/C15H12FN3O2/c16-10-4-1-3-9(7-10)8-17-12-6-2-5-11-13(12)15(21)19-18-14(11)20/h1-7,17H,8H2,(H,18,20)(H,19,21). The van der Waals surface area contributed by atoms with Crippen LogP contribution in [-0.2, 0) is 6.54 Å². The summed E-state index contributed by atoms with van der Waals surface area (Å²) in [6.07, 6.45) is 0. The van der Waals surface area contributed by atoms with Gasteiger partial charge in [-0.05, 0) is 29.8 Å². The van der Waals surface area contributed by atoms with Crippen molar-refractivity contribution < 1.29 is 4.39 Å². The van der Waals surface area contributed by atoms with Gasteiger partial charge in [-0.2, -0.15) is 0 Å². The van der Waals surface area contributed by atoms with Crippen molar-refractivity contribution in [1.82, 2.24) is 10.2 Å². The van der Waals surface area contributed by atoms with Crippen LogP contribution >= 0.6 is 0 Å². The molecule has 1 heterocycles. The highest BCUT2D eigenvalue weighted by Gasteiger charge is 2.07. The van der Waals surface area contributed by atoms with Gasteiger partial charge in [-0.15, -0.1) is 0 Å². The monoisotopic (exact) mass is 285 g/mol. The predicted octanol–water partition coefficient (Wildman–Crippen LogP) is 1.97. The van der Waals surface area contributed by atoms with Gasteiger partial charge in [0.1, 0.15) is 5.82 Å². The van der Waals surface area contributed by atoms with Gasteiger partial charge in [0.25, 0.3) is 11.1 Å². The zero-order valence-electron chi connectivity index (χ0n) is 10.9. The Balaban J connectivity index is 2.00. The Morgan fingerprint density at radius 2 is 1.76 bits per heavy atom. The largest absolute Gasteiger partial charge is 0.380 e. The summed E-state index contributed by atoms with van der Waals surface area (Å²) in [4.78, 5) is 23.6. The van der Waals surface area contributed by atoms with Gasteiger partial charge in [0.2, 0.25) is 0 Å². The molecule has 0 fully saturated rings. The number of rotatable bonds is 3. The Morgan fingerprint density at radius 1 is 1.00 bits per heavy atom. The van der Waals surface area contributed by atoms with Crippen molar-refractivity contribution in [3.63, 3.8) is 0 Å². The van der Waals surface area contributed by atoms with Gasteiger partial charge >= 0.3 is 0 Å². The van der Waals surface area contributed by atoms with Crippen molar-refractivity contribution in [3.8, 4) is 0 Å². The number of halogens is 1. The van der Waals surface area contributed by atoms with E-state index in [1.807, 2.05) is 0 Å². The van der Waals surface area contributed by atoms with E-state index in [1.165, 1.54) is 12.1 Å². The van der Waals surface area contributed by atoms with E-state index < -0.39 is 0 Å². The molecule has 0 amide bonds. The minimum atomic E-state index is -0.382. The van der Waals surface area contributed by atoms with Crippen LogP contribution in [0.3, 0.4) is 0 Å². The van der Waals surface area contributed by atoms with E-state index in [2.05, 4.69) is 15.5 Å². The SMILES string of the molecule is O=c1[nH][nH]c(=O)c2c(NCc3cccc(F)c3)cccc12. The molecule has 0 bridgehead atoms. The van der Waals surface area contributed by atoms with Gasteiger partial charge in [-0.3, -0.25) is 19.8 Å². The van der Waals surface area contributed by atoms with E-state index in [0.717, 1.165) is 5.56 Å². The van der Waals surface area contributed by atoms with Crippen molar-refractivity contribution >= 4 is 16.5 Å². The number of hydrogen-bond donors (Lipinski definition) is 3. The number of benzene rings is 2. The number of anilines is 1. The summed E-state index contributed by atoms with van der Waals surface area (Å²) in [7, 11) is 0. The van der Waals surface area contributed by atoms with Crippen molar-refractivity contribution in [3.05, 3.63) is 74.6 Å². The molecule has 2 aromatic carbocycles. The minimum absolute atomic E-state index is 0.289. The first-order valence-corrected chi connectivity index (χ1v) is 6.37. The highest BCUT2D eigenvalue weighted by atomic mass is 19.1. The van der Waals surface area contributed by atoms with Gasteiger partial charge in [-0.25, -0.2) is 4.39 Å². The van der Waals surface area contributed by atoms with Crippen LogP contribution < -0.4 is 16.4 Å². The molecule has 0 radical (unpaired) electrons. The molecular weight excluding hydrogens is 273 g/mol. The van der Waals surface area contributed by atoms with Crippen molar-refractivity contribution in [2.45, 2.75) is 6.54 Å². The van der Waals surface area contributed by atoms with Gasteiger partial charge in [0.15, 0.2) is 0 Å². The van der Waals surface area contributed by atoms with Gasteiger partial charge in [-0.1, -0.05) is 18.2 Å². The van der Waals surface area contributed by atoms with E-state index in [9.17, 15) is 14.0 Å². The molecule has 6 heteroatoms. The van der Waals surface area contributed by atoms with E-state index in [0.29, 0.717) is 17.6 Å². The molecule has 1 aromatic heterocycles. The predicted molar refractivity (Wildman–Crippen MR) is 78.9 cm³/mol. The van der Waals surface area contributed by atoms with E-state index in [-0.39, 0.29) is 22.3 Å². The molecule has 21 heavy (non-hydrogen) atoms. The Kier molecular flexibility index (Phi) is 3.27. The first kappa shape index (κ1) is 13.1. The summed E-state index contributed by atoms with van der Waals surface area (Å²) in [5.74, 6) is -0.318. The summed E-state index contributed by atoms with van der Waals surface area (Å²) in [6.45, 7) is 0.350. The normalized spacial score (nSPS) is 10.7. The second-order valence-electron chi connectivity index (χ2n) is 4.62. The molecule has 3 rings (SSSR count). The van der Waals surface area contributed by atoms with Gasteiger partial charge in [0, 0.05) is 12.2 Å². The molecule has 0 spiro atoms. The molecule has 0 aliphatic rings. The van der Waals surface area contributed by atoms with E-state index in [1.54, 1.807) is 30.3 Å². The van der Waals surface area contributed by atoms with Crippen LogP contribution in [0, 0.1) is 5.82 Å². The van der Waals surface area contributed by atoms with Crippen LogP contribution in [0.15, 0.2) is 52.1 Å². The molecule has 0 unspecified atom stereocenters. The lowest BCUT2D eigenvalue weighted by Gasteiger charge is -2.09. The molecule has 0 aliphatic carbocycles. The van der Waals surface area contributed by atoms with E-state index in [4.69, 9.17) is 0 Å². The van der Waals surface area contributed by atoms with Crippen LogP contribution in [0.25, 0.3) is 10.8 Å². The fourth-order valence-electron chi connectivity index (χ4n) is 2.22. The van der Waals surface area contributed by atoms with Crippen LogP contribution in [0.2, 0.25) is 0 Å². The lowest BCUT2D eigenvalue weighted by Crippen LogP contribution is -2.20. The Labute approximate surface area is 118 Å². The fraction of sp³-hybridized carbons (Fsp3) is 0.0667. The molecule has 5 nitrogen and oxygen atoms in total. The maximum atomic E-state index is 13.1. The van der Waals surface area contributed by atoms with Crippen LogP contribution in [0.1, 0.15) is 5.56 Å². The van der Waals surface area contributed by atoms with E-state index >= 15 is 0 Å². The second-order valence-corrected chi connectivity index (χ2v) is 4.62. The molecule has 106 valence electrons. The van der Waals surface area contributed by atoms with Gasteiger partial charge < -0.3 is 5.32 Å². The zero-order valence-corrected chi connectivity index (χ0v) is 10.9. The van der Waals surface area contributed by atoms with Gasteiger partial charge in [0.05, 0.1) is 10.8 Å². The summed E-state index contributed by atoms with van der Waals surface area (Å²) < 4.78 is 13.1. The van der Waals surface area contributed by atoms with Crippen LogP contribution in [-0.4, -0.2) is 10.2 Å². The maximum absolute atomic E-state index is 13.1. The highest BCUT2D eigenvalue weighted by Crippen LogP contribution is 2.17. The average Bonchev–Trinajstić information content (AvgIpc) is 2.49. The quantitative estimate of drug-likeness (QED) is 0.688. The number of nitrogens with one attached hydrogen (secondary N) is 3. The molecule has 0 aliphatic heterocycles. The van der Waals surface area contributed by atoms with Crippen molar-refractivity contribution in [2.24, 2.45) is 0 Å². The first-order valence-electron chi connectivity index (χ1n) is 6.37. The fourth-order valence-corrected chi connectivity index (χ4v) is 2.22. The number of H-pyrrole nitrogens is 2. The van der Waals surface area contributed by atoms with Crippen molar-refractivity contribution in [2.75, 3.05) is 5.32 Å². The highest BCUT2D eigenvalue weighted by molar-refractivity contribution is 5.92. The Hall–Kier alpha value is -2.89. The number of hydrogen-bond acceptors (Lipinski definition) is 3. The third-order valence-corrected chi connectivity index (χ3v) is 3.20. The number of fused-ring (bicyclic) bond motifs is 1. The minimum Gasteiger partial charge on any atom is -0.380 e. The first-order chi connectivity index (χ1) is 10.1. The third-order valence-electron chi connectivity index (χ3n) is 3.20. The third kappa shape index (κ3) is 2.55. The Bertz CT molecular complexity index is 914. The number of aromatic amines is 2. The lowest BCUT2D eigenvalue weighted by molar-refractivity contribution is 0.626. The molecular formula is C15H12FN3O2. The topological polar surface area (TPSA) is 77.8 Å². The van der Waals surface area contributed by atoms with Crippen molar-refractivity contribution in [1.29, 1.82) is 0 Å². The molecule has 0 saturated heterocycles. The molecule has 0 saturated carbocycles. The molecule has 3 N–H and O–H groups in total. The molecule has 0 atom stereocenters. The zero-order chi connectivity index (χ0) is 14.8. The summed E-state index contributed by atoms with van der Waals surface area (Å²) >= 11 is 0. The summed E-state index contributed by atoms with van der Waals surface area (Å²) in [5.41, 5.74) is 0.531. The Morgan fingerprint density at radius 3 is 2.57 bits per heavy atom. The number of aromatic nitrogens is 2. The molecule has 3 aromatic rings. The summed E-state index contributed by atoms with van der Waals surface area (Å²) in [5, 5.41) is 8.24. The second kappa shape index (κ2) is 5.24. The maximum Gasteiger partial charge on any atom is 0.272 e.